The summed E-state index contributed by atoms with van der Waals surface area (Å²) in [7, 11) is 0. The van der Waals surface area contributed by atoms with Gasteiger partial charge < -0.3 is 10.0 Å². The van der Waals surface area contributed by atoms with Gasteiger partial charge in [-0.25, -0.2) is 4.79 Å². The number of rotatable bonds is 5. The number of aliphatic carboxylic acids is 1. The summed E-state index contributed by atoms with van der Waals surface area (Å²) in [6.07, 6.45) is 0.510. The molecule has 3 unspecified atom stereocenters. The molecular weight excluding hydrogens is 298 g/mol. The van der Waals surface area contributed by atoms with Crippen LogP contribution in [0.3, 0.4) is 0 Å². The number of thiol groups is 1. The van der Waals surface area contributed by atoms with Crippen LogP contribution >= 0.6 is 12.6 Å². The lowest BCUT2D eigenvalue weighted by Crippen LogP contribution is -2.43. The maximum Gasteiger partial charge on any atom is 0.326 e. The third kappa shape index (κ3) is 3.46. The Labute approximate surface area is 136 Å². The van der Waals surface area contributed by atoms with Gasteiger partial charge >= 0.3 is 5.97 Å². The van der Waals surface area contributed by atoms with Gasteiger partial charge in [-0.05, 0) is 23.8 Å². The number of nitrogens with zero attached hydrogens (tertiary/aromatic N) is 1. The number of carboxylic acid groups (broad SMARTS) is 1. The van der Waals surface area contributed by atoms with Gasteiger partial charge in [0.25, 0.3) is 0 Å². The Hall–Kier alpha value is -1.49. The van der Waals surface area contributed by atoms with Crippen LogP contribution in [0.4, 0.5) is 0 Å². The third-order valence-electron chi connectivity index (χ3n) is 4.63. The summed E-state index contributed by atoms with van der Waals surface area (Å²) in [6, 6.07) is 9.34. The SMILES string of the molecule is CC(CS)C(=O)N1CC(C(C)c2ccccc2)C[C@H]1C(=O)O. The van der Waals surface area contributed by atoms with E-state index in [0.717, 1.165) is 0 Å². The molecule has 0 bridgehead atoms. The number of hydrogen-bond donors (Lipinski definition) is 2. The summed E-state index contributed by atoms with van der Waals surface area (Å²) in [6.45, 7) is 4.40. The van der Waals surface area contributed by atoms with Gasteiger partial charge in [0.2, 0.25) is 5.91 Å². The molecule has 1 aliphatic rings. The van der Waals surface area contributed by atoms with Crippen LogP contribution < -0.4 is 0 Å². The fourth-order valence-corrected chi connectivity index (χ4v) is 3.25. The molecule has 4 atom stereocenters. The normalized spacial score (nSPS) is 24.0. The third-order valence-corrected chi connectivity index (χ3v) is 5.18. The molecule has 1 aliphatic heterocycles. The summed E-state index contributed by atoms with van der Waals surface area (Å²) in [5.74, 6) is -0.448. The van der Waals surface area contributed by atoms with Crippen LogP contribution in [0.15, 0.2) is 30.3 Å². The quantitative estimate of drug-likeness (QED) is 0.820. The van der Waals surface area contributed by atoms with E-state index in [2.05, 4.69) is 31.7 Å². The zero-order valence-corrected chi connectivity index (χ0v) is 13.9. The van der Waals surface area contributed by atoms with Crippen LogP contribution in [-0.4, -0.2) is 40.2 Å². The monoisotopic (exact) mass is 321 g/mol. The second-order valence-corrected chi connectivity index (χ2v) is 6.49. The maximum absolute atomic E-state index is 12.4. The Balaban J connectivity index is 2.17. The molecule has 0 radical (unpaired) electrons. The number of likely N-dealkylation sites (tertiary alicyclic amines) is 1. The summed E-state index contributed by atoms with van der Waals surface area (Å²) in [4.78, 5) is 25.5. The minimum Gasteiger partial charge on any atom is -0.480 e. The number of amides is 1. The fourth-order valence-electron chi connectivity index (χ4n) is 3.10. The van der Waals surface area contributed by atoms with E-state index in [0.29, 0.717) is 18.7 Å². The Morgan fingerprint density at radius 3 is 2.50 bits per heavy atom. The van der Waals surface area contributed by atoms with Crippen LogP contribution in [0.1, 0.15) is 31.7 Å². The van der Waals surface area contributed by atoms with Crippen LogP contribution in [0.5, 0.6) is 0 Å². The first-order valence-corrected chi connectivity index (χ1v) is 8.28. The largest absolute Gasteiger partial charge is 0.480 e. The van der Waals surface area contributed by atoms with Gasteiger partial charge in [-0.15, -0.1) is 0 Å². The van der Waals surface area contributed by atoms with Crippen LogP contribution in [0.25, 0.3) is 0 Å². The second kappa shape index (κ2) is 7.18. The molecule has 0 spiro atoms. The van der Waals surface area contributed by atoms with Crippen molar-refractivity contribution in [3.8, 4) is 0 Å². The maximum atomic E-state index is 12.4. The molecule has 0 saturated carbocycles. The van der Waals surface area contributed by atoms with Crippen molar-refractivity contribution in [1.82, 2.24) is 4.90 Å². The summed E-state index contributed by atoms with van der Waals surface area (Å²) in [5, 5.41) is 9.44. The van der Waals surface area contributed by atoms with Gasteiger partial charge in [-0.3, -0.25) is 4.79 Å². The summed E-state index contributed by atoms with van der Waals surface area (Å²) in [5.41, 5.74) is 1.19. The van der Waals surface area contributed by atoms with E-state index in [9.17, 15) is 14.7 Å². The molecule has 4 nitrogen and oxygen atoms in total. The van der Waals surface area contributed by atoms with Crippen LogP contribution in [0, 0.1) is 11.8 Å². The lowest BCUT2D eigenvalue weighted by atomic mass is 9.86. The van der Waals surface area contributed by atoms with Gasteiger partial charge in [0, 0.05) is 18.2 Å². The first kappa shape index (κ1) is 16.9. The fraction of sp³-hybridized carbons (Fsp3) is 0.529. The number of carboxylic acids is 1. The van der Waals surface area contributed by atoms with Gasteiger partial charge in [-0.2, -0.15) is 12.6 Å². The zero-order valence-electron chi connectivity index (χ0n) is 13.0. The van der Waals surface area contributed by atoms with Gasteiger partial charge in [0.05, 0.1) is 0 Å². The summed E-state index contributed by atoms with van der Waals surface area (Å²) >= 11 is 4.15. The molecule has 0 aromatic heterocycles. The van der Waals surface area contributed by atoms with Crippen molar-refractivity contribution < 1.29 is 14.7 Å². The van der Waals surface area contributed by atoms with Crippen molar-refractivity contribution in [3.63, 3.8) is 0 Å². The number of carbonyl (C=O) groups excluding carboxylic acids is 1. The van der Waals surface area contributed by atoms with Crippen LogP contribution in [-0.2, 0) is 9.59 Å². The first-order chi connectivity index (χ1) is 10.5. The van der Waals surface area contributed by atoms with Crippen molar-refractivity contribution in [2.24, 2.45) is 11.8 Å². The molecule has 1 heterocycles. The Morgan fingerprint density at radius 1 is 1.32 bits per heavy atom. The number of carbonyl (C=O) groups is 2. The van der Waals surface area contributed by atoms with E-state index in [1.54, 1.807) is 6.92 Å². The molecule has 1 aromatic carbocycles. The zero-order chi connectivity index (χ0) is 16.3. The van der Waals surface area contributed by atoms with Gasteiger partial charge in [0.1, 0.15) is 6.04 Å². The highest BCUT2D eigenvalue weighted by Gasteiger charge is 2.42. The highest BCUT2D eigenvalue weighted by atomic mass is 32.1. The van der Waals surface area contributed by atoms with Gasteiger partial charge in [0.15, 0.2) is 0 Å². The minimum atomic E-state index is -0.914. The standard InChI is InChI=1S/C17H23NO3S/c1-11(10-22)16(19)18-9-14(8-15(18)17(20)21)12(2)13-6-4-3-5-7-13/h3-7,11-12,14-15,22H,8-10H2,1-2H3,(H,20,21)/t11?,12?,14?,15-/m0/s1. The molecule has 1 aromatic rings. The molecule has 0 aliphatic carbocycles. The Bertz CT molecular complexity index is 534. The van der Waals surface area contributed by atoms with E-state index < -0.39 is 12.0 Å². The van der Waals surface area contributed by atoms with E-state index in [4.69, 9.17) is 0 Å². The molecular formula is C17H23NO3S. The van der Waals surface area contributed by atoms with Gasteiger partial charge in [-0.1, -0.05) is 44.2 Å². The van der Waals surface area contributed by atoms with E-state index in [1.165, 1.54) is 10.5 Å². The van der Waals surface area contributed by atoms with Crippen molar-refractivity contribution in [2.45, 2.75) is 32.2 Å². The molecule has 1 fully saturated rings. The van der Waals surface area contributed by atoms with E-state index in [-0.39, 0.29) is 23.7 Å². The molecule has 5 heteroatoms. The van der Waals surface area contributed by atoms with Crippen molar-refractivity contribution in [3.05, 3.63) is 35.9 Å². The highest BCUT2D eigenvalue weighted by Crippen LogP contribution is 2.35. The lowest BCUT2D eigenvalue weighted by Gasteiger charge is -2.25. The topological polar surface area (TPSA) is 57.6 Å². The van der Waals surface area contributed by atoms with Crippen molar-refractivity contribution >= 4 is 24.5 Å². The molecule has 2 rings (SSSR count). The Morgan fingerprint density at radius 2 is 1.95 bits per heavy atom. The molecule has 1 N–H and O–H groups in total. The lowest BCUT2D eigenvalue weighted by molar-refractivity contribution is -0.149. The molecule has 1 saturated heterocycles. The minimum absolute atomic E-state index is 0.106. The summed E-state index contributed by atoms with van der Waals surface area (Å²) < 4.78 is 0. The smallest absolute Gasteiger partial charge is 0.326 e. The van der Waals surface area contributed by atoms with Crippen molar-refractivity contribution in [2.75, 3.05) is 12.3 Å². The predicted octanol–water partition coefficient (Wildman–Crippen LogP) is 2.66. The van der Waals surface area contributed by atoms with E-state index in [1.807, 2.05) is 18.2 Å². The molecule has 1 amide bonds. The Kier molecular flexibility index (Phi) is 5.51. The van der Waals surface area contributed by atoms with Crippen LogP contribution in [0.2, 0.25) is 0 Å². The predicted molar refractivity (Wildman–Crippen MR) is 89.1 cm³/mol. The van der Waals surface area contributed by atoms with Crippen molar-refractivity contribution in [1.29, 1.82) is 0 Å². The highest BCUT2D eigenvalue weighted by molar-refractivity contribution is 7.80. The number of hydrogen-bond acceptors (Lipinski definition) is 3. The van der Waals surface area contributed by atoms with E-state index >= 15 is 0 Å². The average molecular weight is 321 g/mol. The second-order valence-electron chi connectivity index (χ2n) is 6.12. The first-order valence-electron chi connectivity index (χ1n) is 7.64. The molecule has 120 valence electrons. The molecule has 22 heavy (non-hydrogen) atoms. The average Bonchev–Trinajstić information content (AvgIpc) is 2.99. The number of benzene rings is 1.